The number of benzene rings is 1. The van der Waals surface area contributed by atoms with Crippen molar-refractivity contribution in [3.05, 3.63) is 41.7 Å². The van der Waals surface area contributed by atoms with Gasteiger partial charge in [-0.15, -0.1) is 0 Å². The number of nitrogens with zero attached hydrogens (tertiary/aromatic N) is 1. The molecule has 1 aromatic heterocycles. The van der Waals surface area contributed by atoms with Gasteiger partial charge in [-0.1, -0.05) is 12.1 Å². The lowest BCUT2D eigenvalue weighted by Crippen LogP contribution is -2.28. The number of H-pyrrole nitrogens is 1. The van der Waals surface area contributed by atoms with E-state index in [9.17, 15) is 13.2 Å². The van der Waals surface area contributed by atoms with E-state index < -0.39 is 11.7 Å². The van der Waals surface area contributed by atoms with Crippen molar-refractivity contribution >= 4 is 0 Å². The molecule has 21 heavy (non-hydrogen) atoms. The minimum atomic E-state index is -4.30. The van der Waals surface area contributed by atoms with Crippen LogP contribution in [0.4, 0.5) is 13.2 Å². The molecule has 1 aliphatic heterocycles. The van der Waals surface area contributed by atoms with Crippen LogP contribution in [0.5, 0.6) is 0 Å². The van der Waals surface area contributed by atoms with Gasteiger partial charge in [0.25, 0.3) is 0 Å². The van der Waals surface area contributed by atoms with Gasteiger partial charge in [-0.2, -0.15) is 18.3 Å². The number of rotatable bonds is 2. The van der Waals surface area contributed by atoms with Gasteiger partial charge in [0, 0.05) is 23.7 Å². The standard InChI is InChI=1S/C15H16F3N3/c16-15(17,18)12-5-3-10(4-6-12)13-9-20-21-14(13)11-2-1-7-19-8-11/h3-6,9,11,19H,1-2,7-8H2,(H,20,21). The fourth-order valence-electron chi connectivity index (χ4n) is 2.77. The molecule has 0 aliphatic carbocycles. The first-order chi connectivity index (χ1) is 10.1. The van der Waals surface area contributed by atoms with Gasteiger partial charge in [-0.3, -0.25) is 5.10 Å². The summed E-state index contributed by atoms with van der Waals surface area (Å²) in [5.41, 5.74) is 2.02. The van der Waals surface area contributed by atoms with Crippen molar-refractivity contribution < 1.29 is 13.2 Å². The van der Waals surface area contributed by atoms with Crippen molar-refractivity contribution in [3.63, 3.8) is 0 Å². The molecule has 1 aromatic carbocycles. The fourth-order valence-corrected chi connectivity index (χ4v) is 2.77. The van der Waals surface area contributed by atoms with Gasteiger partial charge >= 0.3 is 6.18 Å². The zero-order valence-corrected chi connectivity index (χ0v) is 11.4. The Morgan fingerprint density at radius 1 is 1.14 bits per heavy atom. The third kappa shape index (κ3) is 2.95. The van der Waals surface area contributed by atoms with E-state index in [2.05, 4.69) is 15.5 Å². The van der Waals surface area contributed by atoms with Crippen molar-refractivity contribution in [3.8, 4) is 11.1 Å². The molecule has 0 bridgehead atoms. The van der Waals surface area contributed by atoms with Crippen molar-refractivity contribution in [2.45, 2.75) is 24.9 Å². The SMILES string of the molecule is FC(F)(F)c1ccc(-c2cn[nH]c2C2CCCNC2)cc1. The van der Waals surface area contributed by atoms with E-state index in [0.29, 0.717) is 5.92 Å². The van der Waals surface area contributed by atoms with E-state index in [1.54, 1.807) is 6.20 Å². The Kier molecular flexibility index (Phi) is 3.71. The van der Waals surface area contributed by atoms with E-state index in [-0.39, 0.29) is 0 Å². The molecule has 1 saturated heterocycles. The van der Waals surface area contributed by atoms with Crippen LogP contribution >= 0.6 is 0 Å². The highest BCUT2D eigenvalue weighted by Crippen LogP contribution is 2.34. The minimum Gasteiger partial charge on any atom is -0.316 e. The summed E-state index contributed by atoms with van der Waals surface area (Å²) in [4.78, 5) is 0. The van der Waals surface area contributed by atoms with Crippen molar-refractivity contribution in [1.82, 2.24) is 15.5 Å². The van der Waals surface area contributed by atoms with Gasteiger partial charge < -0.3 is 5.32 Å². The lowest BCUT2D eigenvalue weighted by Gasteiger charge is -2.22. The molecule has 3 nitrogen and oxygen atoms in total. The maximum atomic E-state index is 12.6. The van der Waals surface area contributed by atoms with Crippen LogP contribution in [0.15, 0.2) is 30.5 Å². The number of alkyl halides is 3. The van der Waals surface area contributed by atoms with Crippen molar-refractivity contribution in [2.75, 3.05) is 13.1 Å². The number of halogens is 3. The number of hydrogen-bond acceptors (Lipinski definition) is 2. The number of aromatic amines is 1. The molecule has 112 valence electrons. The van der Waals surface area contributed by atoms with Gasteiger partial charge in [-0.05, 0) is 37.1 Å². The molecule has 1 aliphatic rings. The van der Waals surface area contributed by atoms with Crippen LogP contribution in [0.1, 0.15) is 30.0 Å². The van der Waals surface area contributed by atoms with Crippen LogP contribution in [-0.2, 0) is 6.18 Å². The molecule has 0 radical (unpaired) electrons. The first-order valence-corrected chi connectivity index (χ1v) is 6.97. The second kappa shape index (κ2) is 5.52. The Morgan fingerprint density at radius 2 is 1.90 bits per heavy atom. The average Bonchev–Trinajstić information content (AvgIpc) is 2.97. The van der Waals surface area contributed by atoms with Crippen LogP contribution < -0.4 is 5.32 Å². The summed E-state index contributed by atoms with van der Waals surface area (Å²) >= 11 is 0. The molecule has 2 heterocycles. The lowest BCUT2D eigenvalue weighted by atomic mass is 9.91. The summed E-state index contributed by atoms with van der Waals surface area (Å²) in [5, 5.41) is 10.4. The van der Waals surface area contributed by atoms with E-state index in [4.69, 9.17) is 0 Å². The Morgan fingerprint density at radius 3 is 2.52 bits per heavy atom. The number of hydrogen-bond donors (Lipinski definition) is 2. The molecule has 1 unspecified atom stereocenters. The average molecular weight is 295 g/mol. The predicted octanol–water partition coefficient (Wildman–Crippen LogP) is 3.56. The highest BCUT2D eigenvalue weighted by molar-refractivity contribution is 5.66. The minimum absolute atomic E-state index is 0.332. The summed E-state index contributed by atoms with van der Waals surface area (Å²) in [6.45, 7) is 1.88. The smallest absolute Gasteiger partial charge is 0.316 e. The van der Waals surface area contributed by atoms with E-state index in [1.165, 1.54) is 12.1 Å². The molecule has 3 rings (SSSR count). The quantitative estimate of drug-likeness (QED) is 0.889. The second-order valence-corrected chi connectivity index (χ2v) is 5.32. The van der Waals surface area contributed by atoms with Crippen molar-refractivity contribution in [2.24, 2.45) is 0 Å². The maximum absolute atomic E-state index is 12.6. The van der Waals surface area contributed by atoms with Crippen LogP contribution in [-0.4, -0.2) is 23.3 Å². The Labute approximate surface area is 120 Å². The van der Waals surface area contributed by atoms with Crippen LogP contribution in [0.25, 0.3) is 11.1 Å². The van der Waals surface area contributed by atoms with Gasteiger partial charge in [0.15, 0.2) is 0 Å². The maximum Gasteiger partial charge on any atom is 0.416 e. The number of aromatic nitrogens is 2. The molecular formula is C15H16F3N3. The molecule has 1 atom stereocenters. The van der Waals surface area contributed by atoms with Gasteiger partial charge in [0.2, 0.25) is 0 Å². The highest BCUT2D eigenvalue weighted by Gasteiger charge is 2.30. The normalized spacial score (nSPS) is 19.7. The summed E-state index contributed by atoms with van der Waals surface area (Å²) in [6.07, 6.45) is -0.462. The largest absolute Gasteiger partial charge is 0.416 e. The Balaban J connectivity index is 1.89. The molecule has 0 amide bonds. The predicted molar refractivity (Wildman–Crippen MR) is 73.9 cm³/mol. The Hall–Kier alpha value is -1.82. The van der Waals surface area contributed by atoms with E-state index >= 15 is 0 Å². The molecule has 2 N–H and O–H groups in total. The third-order valence-electron chi connectivity index (χ3n) is 3.90. The Bertz CT molecular complexity index is 595. The fraction of sp³-hybridized carbons (Fsp3) is 0.400. The third-order valence-corrected chi connectivity index (χ3v) is 3.90. The highest BCUT2D eigenvalue weighted by atomic mass is 19.4. The summed E-state index contributed by atoms with van der Waals surface area (Å²) in [7, 11) is 0. The monoisotopic (exact) mass is 295 g/mol. The summed E-state index contributed by atoms with van der Waals surface area (Å²) in [5.74, 6) is 0.332. The topological polar surface area (TPSA) is 40.7 Å². The number of piperidine rings is 1. The van der Waals surface area contributed by atoms with Crippen LogP contribution in [0.3, 0.4) is 0 Å². The molecular weight excluding hydrogens is 279 g/mol. The lowest BCUT2D eigenvalue weighted by molar-refractivity contribution is -0.137. The molecule has 6 heteroatoms. The van der Waals surface area contributed by atoms with Gasteiger partial charge in [-0.25, -0.2) is 0 Å². The second-order valence-electron chi connectivity index (χ2n) is 5.32. The van der Waals surface area contributed by atoms with Crippen LogP contribution in [0, 0.1) is 0 Å². The van der Waals surface area contributed by atoms with E-state index in [1.807, 2.05) is 0 Å². The summed E-state index contributed by atoms with van der Waals surface area (Å²) in [6, 6.07) is 5.25. The molecule has 1 fully saturated rings. The molecule has 0 saturated carbocycles. The first-order valence-electron chi connectivity index (χ1n) is 6.97. The summed E-state index contributed by atoms with van der Waals surface area (Å²) < 4.78 is 37.8. The molecule has 2 aromatic rings. The molecule has 0 spiro atoms. The zero-order chi connectivity index (χ0) is 14.9. The van der Waals surface area contributed by atoms with Gasteiger partial charge in [0.1, 0.15) is 0 Å². The van der Waals surface area contributed by atoms with Crippen molar-refractivity contribution in [1.29, 1.82) is 0 Å². The van der Waals surface area contributed by atoms with E-state index in [0.717, 1.165) is 54.9 Å². The number of nitrogens with one attached hydrogen (secondary N) is 2. The zero-order valence-electron chi connectivity index (χ0n) is 11.4. The van der Waals surface area contributed by atoms with Crippen LogP contribution in [0.2, 0.25) is 0 Å². The first kappa shape index (κ1) is 14.1. The van der Waals surface area contributed by atoms with Gasteiger partial charge in [0.05, 0.1) is 11.8 Å².